The molecule has 7 heteroatoms. The van der Waals surface area contributed by atoms with Crippen LogP contribution in [0.5, 0.6) is 17.2 Å². The maximum Gasteiger partial charge on any atom is 0.251 e. The zero-order chi connectivity index (χ0) is 19.9. The van der Waals surface area contributed by atoms with Gasteiger partial charge in [-0.05, 0) is 12.1 Å². The van der Waals surface area contributed by atoms with Gasteiger partial charge in [-0.2, -0.15) is 0 Å². The maximum absolute atomic E-state index is 12.5. The van der Waals surface area contributed by atoms with Crippen molar-refractivity contribution in [3.8, 4) is 28.5 Å². The SMILES string of the molecule is COc1cc(C(=O)NCCc2nc(-c3ccccc3)cs2)cc(OC)c1OC. The Morgan fingerprint density at radius 2 is 1.71 bits per heavy atom. The summed E-state index contributed by atoms with van der Waals surface area (Å²) in [6, 6.07) is 13.3. The molecule has 0 unspecified atom stereocenters. The van der Waals surface area contributed by atoms with Crippen molar-refractivity contribution in [2.24, 2.45) is 0 Å². The fourth-order valence-electron chi connectivity index (χ4n) is 2.76. The van der Waals surface area contributed by atoms with Gasteiger partial charge in [-0.25, -0.2) is 4.98 Å². The van der Waals surface area contributed by atoms with Crippen LogP contribution in [0.25, 0.3) is 11.3 Å². The summed E-state index contributed by atoms with van der Waals surface area (Å²) >= 11 is 1.59. The molecule has 0 atom stereocenters. The molecule has 3 rings (SSSR count). The summed E-state index contributed by atoms with van der Waals surface area (Å²) in [5, 5.41) is 5.92. The number of thiazole rings is 1. The molecule has 0 fully saturated rings. The van der Waals surface area contributed by atoms with E-state index in [9.17, 15) is 4.79 Å². The summed E-state index contributed by atoms with van der Waals surface area (Å²) in [7, 11) is 4.56. The predicted octanol–water partition coefficient (Wildman–Crippen LogP) is 3.81. The highest BCUT2D eigenvalue weighted by atomic mass is 32.1. The summed E-state index contributed by atoms with van der Waals surface area (Å²) in [6.07, 6.45) is 0.660. The van der Waals surface area contributed by atoms with Gasteiger partial charge in [0.1, 0.15) is 0 Å². The average Bonchev–Trinajstić information content (AvgIpc) is 3.22. The highest BCUT2D eigenvalue weighted by Gasteiger charge is 2.17. The van der Waals surface area contributed by atoms with E-state index >= 15 is 0 Å². The van der Waals surface area contributed by atoms with Crippen molar-refractivity contribution in [3.63, 3.8) is 0 Å². The molecular formula is C21H22N2O4S. The standard InChI is InChI=1S/C21H22N2O4S/c1-25-17-11-15(12-18(26-2)20(17)27-3)21(24)22-10-9-19-23-16(13-28-19)14-7-5-4-6-8-14/h4-8,11-13H,9-10H2,1-3H3,(H,22,24). The number of ether oxygens (including phenoxy) is 3. The number of carbonyl (C=O) groups is 1. The van der Waals surface area contributed by atoms with Crippen molar-refractivity contribution < 1.29 is 19.0 Å². The molecule has 0 aliphatic carbocycles. The van der Waals surface area contributed by atoms with E-state index < -0.39 is 0 Å². The highest BCUT2D eigenvalue weighted by Crippen LogP contribution is 2.38. The number of hydrogen-bond donors (Lipinski definition) is 1. The molecule has 0 saturated carbocycles. The Balaban J connectivity index is 1.63. The zero-order valence-corrected chi connectivity index (χ0v) is 16.8. The summed E-state index contributed by atoms with van der Waals surface area (Å²) in [5.74, 6) is 1.13. The molecule has 28 heavy (non-hydrogen) atoms. The van der Waals surface area contributed by atoms with Crippen LogP contribution in [0.2, 0.25) is 0 Å². The molecule has 0 spiro atoms. The molecule has 3 aromatic rings. The zero-order valence-electron chi connectivity index (χ0n) is 16.0. The Morgan fingerprint density at radius 3 is 2.32 bits per heavy atom. The smallest absolute Gasteiger partial charge is 0.251 e. The summed E-state index contributed by atoms with van der Waals surface area (Å²) in [4.78, 5) is 17.2. The minimum atomic E-state index is -0.209. The maximum atomic E-state index is 12.5. The molecule has 2 aromatic carbocycles. The molecule has 0 bridgehead atoms. The van der Waals surface area contributed by atoms with Crippen LogP contribution in [0.3, 0.4) is 0 Å². The van der Waals surface area contributed by atoms with Crippen LogP contribution in [0, 0.1) is 0 Å². The lowest BCUT2D eigenvalue weighted by Crippen LogP contribution is -2.25. The van der Waals surface area contributed by atoms with Crippen LogP contribution in [0.15, 0.2) is 47.8 Å². The van der Waals surface area contributed by atoms with Gasteiger partial charge >= 0.3 is 0 Å². The van der Waals surface area contributed by atoms with E-state index in [1.807, 2.05) is 35.7 Å². The van der Waals surface area contributed by atoms with Gasteiger partial charge in [0, 0.05) is 29.5 Å². The number of benzene rings is 2. The Hall–Kier alpha value is -3.06. The van der Waals surface area contributed by atoms with Gasteiger partial charge in [0.2, 0.25) is 5.75 Å². The number of amides is 1. The summed E-state index contributed by atoms with van der Waals surface area (Å²) < 4.78 is 15.9. The minimum absolute atomic E-state index is 0.209. The van der Waals surface area contributed by atoms with E-state index in [1.54, 1.807) is 23.5 Å². The van der Waals surface area contributed by atoms with Crippen LogP contribution in [0.4, 0.5) is 0 Å². The summed E-state index contributed by atoms with van der Waals surface area (Å²) in [5.41, 5.74) is 2.49. The van der Waals surface area contributed by atoms with E-state index in [0.29, 0.717) is 35.8 Å². The van der Waals surface area contributed by atoms with E-state index in [-0.39, 0.29) is 5.91 Å². The number of hydrogen-bond acceptors (Lipinski definition) is 6. The van der Waals surface area contributed by atoms with Crippen molar-refractivity contribution in [2.75, 3.05) is 27.9 Å². The molecule has 6 nitrogen and oxygen atoms in total. The first kappa shape index (κ1) is 19.7. The van der Waals surface area contributed by atoms with E-state index in [4.69, 9.17) is 14.2 Å². The topological polar surface area (TPSA) is 69.7 Å². The number of rotatable bonds is 8. The number of nitrogens with one attached hydrogen (secondary N) is 1. The van der Waals surface area contributed by atoms with Crippen molar-refractivity contribution in [3.05, 3.63) is 58.4 Å². The van der Waals surface area contributed by atoms with E-state index in [1.165, 1.54) is 21.3 Å². The molecule has 1 amide bonds. The van der Waals surface area contributed by atoms with Gasteiger partial charge in [0.15, 0.2) is 11.5 Å². The first-order chi connectivity index (χ1) is 13.7. The Kier molecular flexibility index (Phi) is 6.49. The van der Waals surface area contributed by atoms with Gasteiger partial charge in [0.25, 0.3) is 5.91 Å². The second-order valence-corrected chi connectivity index (χ2v) is 6.86. The van der Waals surface area contributed by atoms with Gasteiger partial charge < -0.3 is 19.5 Å². The second kappa shape index (κ2) is 9.23. The third-order valence-electron chi connectivity index (χ3n) is 4.17. The Morgan fingerprint density at radius 1 is 1.04 bits per heavy atom. The third kappa shape index (κ3) is 4.43. The third-order valence-corrected chi connectivity index (χ3v) is 5.08. The predicted molar refractivity (Wildman–Crippen MR) is 110 cm³/mol. The lowest BCUT2D eigenvalue weighted by molar-refractivity contribution is 0.0953. The quantitative estimate of drug-likeness (QED) is 0.625. The monoisotopic (exact) mass is 398 g/mol. The lowest BCUT2D eigenvalue weighted by atomic mass is 10.1. The van der Waals surface area contributed by atoms with Gasteiger partial charge in [-0.3, -0.25) is 4.79 Å². The molecule has 1 heterocycles. The number of nitrogens with zero attached hydrogens (tertiary/aromatic N) is 1. The first-order valence-corrected chi connectivity index (χ1v) is 9.62. The minimum Gasteiger partial charge on any atom is -0.493 e. The van der Waals surface area contributed by atoms with Crippen molar-refractivity contribution >= 4 is 17.2 Å². The van der Waals surface area contributed by atoms with Gasteiger partial charge in [0.05, 0.1) is 32.0 Å². The average molecular weight is 398 g/mol. The van der Waals surface area contributed by atoms with Gasteiger partial charge in [-0.15, -0.1) is 11.3 Å². The number of aromatic nitrogens is 1. The van der Waals surface area contributed by atoms with Crippen LogP contribution in [-0.2, 0) is 6.42 Å². The van der Waals surface area contributed by atoms with Crippen LogP contribution in [-0.4, -0.2) is 38.8 Å². The molecular weight excluding hydrogens is 376 g/mol. The summed E-state index contributed by atoms with van der Waals surface area (Å²) in [6.45, 7) is 0.483. The first-order valence-electron chi connectivity index (χ1n) is 8.74. The molecule has 0 aliphatic rings. The number of methoxy groups -OCH3 is 3. The normalized spacial score (nSPS) is 10.4. The molecule has 146 valence electrons. The van der Waals surface area contributed by atoms with Gasteiger partial charge in [-0.1, -0.05) is 30.3 Å². The Bertz CT molecular complexity index is 916. The molecule has 0 saturated heterocycles. The van der Waals surface area contributed by atoms with E-state index in [0.717, 1.165) is 16.3 Å². The van der Waals surface area contributed by atoms with Crippen LogP contribution < -0.4 is 19.5 Å². The largest absolute Gasteiger partial charge is 0.493 e. The fraction of sp³-hybridized carbons (Fsp3) is 0.238. The highest BCUT2D eigenvalue weighted by molar-refractivity contribution is 7.09. The molecule has 0 radical (unpaired) electrons. The molecule has 1 aromatic heterocycles. The van der Waals surface area contributed by atoms with E-state index in [2.05, 4.69) is 10.3 Å². The molecule has 0 aliphatic heterocycles. The van der Waals surface area contributed by atoms with Crippen molar-refractivity contribution in [1.29, 1.82) is 0 Å². The lowest BCUT2D eigenvalue weighted by Gasteiger charge is -2.14. The Labute approximate surface area is 168 Å². The number of carbonyl (C=O) groups excluding carboxylic acids is 1. The fourth-order valence-corrected chi connectivity index (χ4v) is 3.57. The molecule has 1 N–H and O–H groups in total. The van der Waals surface area contributed by atoms with Crippen LogP contribution in [0.1, 0.15) is 15.4 Å². The van der Waals surface area contributed by atoms with Crippen LogP contribution >= 0.6 is 11.3 Å². The van der Waals surface area contributed by atoms with Crippen molar-refractivity contribution in [1.82, 2.24) is 10.3 Å². The second-order valence-electron chi connectivity index (χ2n) is 5.91. The van der Waals surface area contributed by atoms with Crippen molar-refractivity contribution in [2.45, 2.75) is 6.42 Å².